The number of carbonyl (C=O) groups excluding carboxylic acids is 2. The van der Waals surface area contributed by atoms with Crippen LogP contribution in [0, 0.1) is 12.7 Å². The van der Waals surface area contributed by atoms with Crippen LogP contribution in [-0.2, 0) is 6.18 Å². The van der Waals surface area contributed by atoms with Gasteiger partial charge in [-0.3, -0.25) is 4.79 Å². The summed E-state index contributed by atoms with van der Waals surface area (Å²) >= 11 is 0. The van der Waals surface area contributed by atoms with Gasteiger partial charge in [0.15, 0.2) is 0 Å². The number of hydrogen-bond acceptors (Lipinski definition) is 2. The minimum absolute atomic E-state index is 0.153. The maximum Gasteiger partial charge on any atom is 0.418 e. The molecule has 1 saturated heterocycles. The van der Waals surface area contributed by atoms with Crippen LogP contribution in [0.2, 0.25) is 0 Å². The highest BCUT2D eigenvalue weighted by Gasteiger charge is 2.34. The van der Waals surface area contributed by atoms with Gasteiger partial charge in [-0.25, -0.2) is 9.18 Å². The van der Waals surface area contributed by atoms with Gasteiger partial charge in [-0.2, -0.15) is 13.2 Å². The van der Waals surface area contributed by atoms with Crippen molar-refractivity contribution < 1.29 is 27.2 Å². The molecule has 1 aliphatic heterocycles. The van der Waals surface area contributed by atoms with Gasteiger partial charge in [0.2, 0.25) is 0 Å². The molecule has 5 nitrogen and oxygen atoms in total. The molecule has 1 fully saturated rings. The van der Waals surface area contributed by atoms with E-state index in [2.05, 4.69) is 5.32 Å². The normalized spacial score (nSPS) is 14.7. The van der Waals surface area contributed by atoms with E-state index < -0.39 is 23.6 Å². The monoisotopic (exact) mass is 409 g/mol. The highest BCUT2D eigenvalue weighted by Crippen LogP contribution is 2.34. The molecule has 0 atom stereocenters. The molecule has 1 aliphatic rings. The first-order chi connectivity index (χ1) is 13.7. The second-order valence-electron chi connectivity index (χ2n) is 6.72. The molecular formula is C20H19F4N3O2. The lowest BCUT2D eigenvalue weighted by molar-refractivity contribution is -0.136. The molecule has 29 heavy (non-hydrogen) atoms. The largest absolute Gasteiger partial charge is 0.418 e. The molecule has 0 saturated carbocycles. The van der Waals surface area contributed by atoms with Crippen molar-refractivity contribution in [2.24, 2.45) is 0 Å². The number of piperazine rings is 1. The van der Waals surface area contributed by atoms with Gasteiger partial charge in [0, 0.05) is 31.7 Å². The highest BCUT2D eigenvalue weighted by atomic mass is 19.4. The van der Waals surface area contributed by atoms with Crippen molar-refractivity contribution in [3.8, 4) is 0 Å². The van der Waals surface area contributed by atoms with Gasteiger partial charge in [-0.1, -0.05) is 18.2 Å². The molecule has 3 rings (SSSR count). The number of rotatable bonds is 2. The number of nitrogens with zero attached hydrogens (tertiary/aromatic N) is 2. The first-order valence-corrected chi connectivity index (χ1v) is 8.94. The van der Waals surface area contributed by atoms with Crippen LogP contribution in [0.25, 0.3) is 0 Å². The van der Waals surface area contributed by atoms with E-state index in [-0.39, 0.29) is 43.3 Å². The molecule has 0 aliphatic carbocycles. The SMILES string of the molecule is Cc1ccc(C(=O)N2CCN(C(=O)Nc3ccccc3C(F)(F)F)CC2)cc1F. The summed E-state index contributed by atoms with van der Waals surface area (Å²) in [7, 11) is 0. The number of carbonyl (C=O) groups is 2. The Bertz CT molecular complexity index is 922. The number of amides is 3. The van der Waals surface area contributed by atoms with Crippen molar-refractivity contribution in [2.75, 3.05) is 31.5 Å². The van der Waals surface area contributed by atoms with E-state index in [0.717, 1.165) is 6.07 Å². The summed E-state index contributed by atoms with van der Waals surface area (Å²) in [6.07, 6.45) is -4.59. The Balaban J connectivity index is 1.61. The molecule has 0 aromatic heterocycles. The number of nitrogens with one attached hydrogen (secondary N) is 1. The molecule has 2 aromatic rings. The lowest BCUT2D eigenvalue weighted by Crippen LogP contribution is -2.51. The summed E-state index contributed by atoms with van der Waals surface area (Å²) < 4.78 is 52.9. The number of para-hydroxylation sites is 1. The smallest absolute Gasteiger partial charge is 0.335 e. The van der Waals surface area contributed by atoms with Gasteiger partial charge in [0.05, 0.1) is 11.3 Å². The van der Waals surface area contributed by atoms with Gasteiger partial charge < -0.3 is 15.1 Å². The van der Waals surface area contributed by atoms with Crippen molar-refractivity contribution in [2.45, 2.75) is 13.1 Å². The minimum atomic E-state index is -4.59. The average Bonchev–Trinajstić information content (AvgIpc) is 2.69. The Morgan fingerprint density at radius 1 is 0.966 bits per heavy atom. The number of urea groups is 1. The molecule has 154 valence electrons. The third kappa shape index (κ3) is 4.67. The second-order valence-corrected chi connectivity index (χ2v) is 6.72. The predicted molar refractivity (Wildman–Crippen MR) is 99.1 cm³/mol. The first-order valence-electron chi connectivity index (χ1n) is 8.94. The zero-order valence-electron chi connectivity index (χ0n) is 15.6. The Kier molecular flexibility index (Phi) is 5.76. The number of hydrogen-bond donors (Lipinski definition) is 1. The van der Waals surface area contributed by atoms with E-state index in [9.17, 15) is 27.2 Å². The minimum Gasteiger partial charge on any atom is -0.335 e. The Labute approximate surface area is 164 Å². The highest BCUT2D eigenvalue weighted by molar-refractivity contribution is 5.95. The predicted octanol–water partition coefficient (Wildman–Crippen LogP) is 4.14. The molecule has 0 radical (unpaired) electrons. The van der Waals surface area contributed by atoms with E-state index in [4.69, 9.17) is 0 Å². The quantitative estimate of drug-likeness (QED) is 0.758. The zero-order chi connectivity index (χ0) is 21.2. The first kappa shape index (κ1) is 20.6. The lowest BCUT2D eigenvalue weighted by atomic mass is 10.1. The van der Waals surface area contributed by atoms with Crippen LogP contribution in [0.1, 0.15) is 21.5 Å². The van der Waals surface area contributed by atoms with Gasteiger partial charge in [-0.05, 0) is 36.8 Å². The Hall–Kier alpha value is -3.10. The Morgan fingerprint density at radius 3 is 2.21 bits per heavy atom. The number of anilines is 1. The molecule has 9 heteroatoms. The molecule has 0 unspecified atom stereocenters. The molecule has 0 bridgehead atoms. The lowest BCUT2D eigenvalue weighted by Gasteiger charge is -2.35. The van der Waals surface area contributed by atoms with Crippen molar-refractivity contribution in [1.29, 1.82) is 0 Å². The maximum atomic E-state index is 13.7. The second kappa shape index (κ2) is 8.10. The van der Waals surface area contributed by atoms with E-state index >= 15 is 0 Å². The van der Waals surface area contributed by atoms with Gasteiger partial charge in [0.25, 0.3) is 5.91 Å². The molecule has 1 N–H and O–H groups in total. The van der Waals surface area contributed by atoms with E-state index in [0.29, 0.717) is 5.56 Å². The van der Waals surface area contributed by atoms with Gasteiger partial charge in [0.1, 0.15) is 5.82 Å². The van der Waals surface area contributed by atoms with Gasteiger partial charge in [-0.15, -0.1) is 0 Å². The molecule has 1 heterocycles. The molecular weight excluding hydrogens is 390 g/mol. The summed E-state index contributed by atoms with van der Waals surface area (Å²) in [5.41, 5.74) is -0.602. The third-order valence-corrected chi connectivity index (χ3v) is 4.75. The van der Waals surface area contributed by atoms with Crippen molar-refractivity contribution in [3.63, 3.8) is 0 Å². The van der Waals surface area contributed by atoms with E-state index in [1.165, 1.54) is 46.2 Å². The summed E-state index contributed by atoms with van der Waals surface area (Å²) in [4.78, 5) is 27.7. The fraction of sp³-hybridized carbons (Fsp3) is 0.300. The topological polar surface area (TPSA) is 52.7 Å². The standard InChI is InChI=1S/C20H19F4N3O2/c1-13-6-7-14(12-16(13)21)18(28)26-8-10-27(11-9-26)19(29)25-17-5-3-2-4-15(17)20(22,23)24/h2-7,12H,8-11H2,1H3,(H,25,29). The van der Waals surface area contributed by atoms with Crippen LogP contribution in [0.5, 0.6) is 0 Å². The number of alkyl halides is 3. The number of aryl methyl sites for hydroxylation is 1. The van der Waals surface area contributed by atoms with Crippen LogP contribution in [0.4, 0.5) is 28.0 Å². The van der Waals surface area contributed by atoms with Crippen molar-refractivity contribution in [3.05, 3.63) is 65.0 Å². The summed E-state index contributed by atoms with van der Waals surface area (Å²) in [6.45, 7) is 2.30. The van der Waals surface area contributed by atoms with Gasteiger partial charge >= 0.3 is 12.2 Å². The average molecular weight is 409 g/mol. The van der Waals surface area contributed by atoms with Crippen LogP contribution in [0.15, 0.2) is 42.5 Å². The molecule has 3 amide bonds. The fourth-order valence-corrected chi connectivity index (χ4v) is 3.05. The van der Waals surface area contributed by atoms with Crippen LogP contribution >= 0.6 is 0 Å². The summed E-state index contributed by atoms with van der Waals surface area (Å²) in [5.74, 6) is -0.830. The van der Waals surface area contributed by atoms with Crippen LogP contribution in [-0.4, -0.2) is 47.9 Å². The summed E-state index contributed by atoms with van der Waals surface area (Å²) in [5, 5.41) is 2.29. The van der Waals surface area contributed by atoms with Crippen LogP contribution < -0.4 is 5.32 Å². The van der Waals surface area contributed by atoms with E-state index in [1.807, 2.05) is 0 Å². The van der Waals surface area contributed by atoms with E-state index in [1.54, 1.807) is 6.92 Å². The third-order valence-electron chi connectivity index (χ3n) is 4.75. The Morgan fingerprint density at radius 2 is 1.59 bits per heavy atom. The molecule has 2 aromatic carbocycles. The molecule has 0 spiro atoms. The summed E-state index contributed by atoms with van der Waals surface area (Å²) in [6, 6.07) is 8.29. The number of halogens is 4. The number of benzene rings is 2. The van der Waals surface area contributed by atoms with Crippen molar-refractivity contribution >= 4 is 17.6 Å². The maximum absolute atomic E-state index is 13.7. The zero-order valence-corrected chi connectivity index (χ0v) is 15.6. The fourth-order valence-electron chi connectivity index (χ4n) is 3.05. The van der Waals surface area contributed by atoms with Crippen LogP contribution in [0.3, 0.4) is 0 Å². The van der Waals surface area contributed by atoms with Crippen molar-refractivity contribution in [1.82, 2.24) is 9.80 Å².